The summed E-state index contributed by atoms with van der Waals surface area (Å²) in [6.45, 7) is 11.2. The summed E-state index contributed by atoms with van der Waals surface area (Å²) in [6, 6.07) is 6.01. The van der Waals surface area contributed by atoms with Crippen LogP contribution in [0, 0.1) is 6.92 Å². The van der Waals surface area contributed by atoms with Gasteiger partial charge < -0.3 is 20.4 Å². The van der Waals surface area contributed by atoms with Gasteiger partial charge in [-0.3, -0.25) is 4.79 Å². The number of carbonyl (C=O) groups excluding carboxylic acids is 1. The Labute approximate surface area is 172 Å². The standard InChI is InChI=1S/C18H28N6O.HI/c1-6-19-17(21-11-16(25)23-18(3,4)5)20-10-14-12-24-13(2)8-7-9-15(24)22-14;/h7-9,12H,6,10-11H2,1-5H3,(H,23,25)(H2,19,20,21);1H. The first-order valence-electron chi connectivity index (χ1n) is 8.55. The molecular weight excluding hydrogens is 443 g/mol. The summed E-state index contributed by atoms with van der Waals surface area (Å²) in [4.78, 5) is 21.0. The van der Waals surface area contributed by atoms with Crippen LogP contribution in [0.4, 0.5) is 0 Å². The maximum Gasteiger partial charge on any atom is 0.239 e. The molecule has 0 saturated carbocycles. The maximum absolute atomic E-state index is 11.9. The lowest BCUT2D eigenvalue weighted by molar-refractivity contribution is -0.121. The lowest BCUT2D eigenvalue weighted by Crippen LogP contribution is -2.48. The van der Waals surface area contributed by atoms with Crippen molar-refractivity contribution >= 4 is 41.5 Å². The Morgan fingerprint density at radius 2 is 2.00 bits per heavy atom. The van der Waals surface area contributed by atoms with Crippen LogP contribution in [0.3, 0.4) is 0 Å². The summed E-state index contributed by atoms with van der Waals surface area (Å²) in [5, 5.41) is 9.11. The number of imidazole rings is 1. The van der Waals surface area contributed by atoms with E-state index < -0.39 is 0 Å². The largest absolute Gasteiger partial charge is 0.357 e. The van der Waals surface area contributed by atoms with Crippen molar-refractivity contribution in [3.8, 4) is 0 Å². The van der Waals surface area contributed by atoms with E-state index in [0.717, 1.165) is 23.6 Å². The summed E-state index contributed by atoms with van der Waals surface area (Å²) in [5.74, 6) is 0.529. The highest BCUT2D eigenvalue weighted by molar-refractivity contribution is 14.0. The van der Waals surface area contributed by atoms with Crippen LogP contribution in [0.15, 0.2) is 29.4 Å². The molecule has 2 aromatic heterocycles. The smallest absolute Gasteiger partial charge is 0.239 e. The molecule has 0 aliphatic heterocycles. The van der Waals surface area contributed by atoms with Crippen LogP contribution < -0.4 is 16.0 Å². The Balaban J connectivity index is 0.00000338. The molecule has 2 rings (SSSR count). The van der Waals surface area contributed by atoms with Crippen molar-refractivity contribution in [2.24, 2.45) is 4.99 Å². The molecule has 0 aliphatic rings. The second-order valence-corrected chi connectivity index (χ2v) is 6.97. The normalized spacial score (nSPS) is 11.8. The molecule has 0 saturated heterocycles. The molecule has 0 spiro atoms. The lowest BCUT2D eigenvalue weighted by atomic mass is 10.1. The Hall–Kier alpha value is -1.84. The van der Waals surface area contributed by atoms with Gasteiger partial charge in [0.05, 0.1) is 18.8 Å². The van der Waals surface area contributed by atoms with Gasteiger partial charge in [-0.1, -0.05) is 6.07 Å². The van der Waals surface area contributed by atoms with Gasteiger partial charge in [-0.25, -0.2) is 9.98 Å². The number of aliphatic imine (C=N–C) groups is 1. The summed E-state index contributed by atoms with van der Waals surface area (Å²) < 4.78 is 2.04. The number of hydrogen-bond acceptors (Lipinski definition) is 3. The van der Waals surface area contributed by atoms with Crippen molar-refractivity contribution in [1.82, 2.24) is 25.3 Å². The van der Waals surface area contributed by atoms with E-state index in [1.807, 2.05) is 63.4 Å². The minimum absolute atomic E-state index is 0. The number of hydrogen-bond donors (Lipinski definition) is 3. The number of nitrogens with zero attached hydrogens (tertiary/aromatic N) is 3. The van der Waals surface area contributed by atoms with Crippen molar-refractivity contribution in [3.63, 3.8) is 0 Å². The van der Waals surface area contributed by atoms with Crippen molar-refractivity contribution in [3.05, 3.63) is 35.8 Å². The molecule has 0 aromatic carbocycles. The van der Waals surface area contributed by atoms with Crippen LogP contribution in [0.1, 0.15) is 39.1 Å². The molecule has 26 heavy (non-hydrogen) atoms. The molecule has 7 nitrogen and oxygen atoms in total. The second kappa shape index (κ2) is 9.75. The Bertz CT molecular complexity index is 763. The average molecular weight is 472 g/mol. The molecule has 0 bridgehead atoms. The Morgan fingerprint density at radius 3 is 2.62 bits per heavy atom. The quantitative estimate of drug-likeness (QED) is 0.354. The van der Waals surface area contributed by atoms with Crippen LogP contribution in [-0.2, 0) is 11.3 Å². The summed E-state index contributed by atoms with van der Waals surface area (Å²) in [6.07, 6.45) is 1.99. The molecule has 2 aromatic rings. The van der Waals surface area contributed by atoms with E-state index in [1.54, 1.807) is 0 Å². The van der Waals surface area contributed by atoms with Gasteiger partial charge in [0.1, 0.15) is 5.65 Å². The number of nitrogens with one attached hydrogen (secondary N) is 3. The molecule has 8 heteroatoms. The van der Waals surface area contributed by atoms with E-state index in [2.05, 4.69) is 25.9 Å². The number of fused-ring (bicyclic) bond motifs is 1. The second-order valence-electron chi connectivity index (χ2n) is 6.97. The fourth-order valence-corrected chi connectivity index (χ4v) is 2.40. The number of halogens is 1. The highest BCUT2D eigenvalue weighted by Gasteiger charge is 2.13. The molecule has 144 valence electrons. The number of aromatic nitrogens is 2. The summed E-state index contributed by atoms with van der Waals surface area (Å²) >= 11 is 0. The third kappa shape index (κ3) is 6.81. The highest BCUT2D eigenvalue weighted by atomic mass is 127. The number of carbonyl (C=O) groups is 1. The minimum Gasteiger partial charge on any atom is -0.357 e. The lowest BCUT2D eigenvalue weighted by Gasteiger charge is -2.21. The molecule has 0 fully saturated rings. The van der Waals surface area contributed by atoms with E-state index in [1.165, 1.54) is 0 Å². The van der Waals surface area contributed by atoms with E-state index in [-0.39, 0.29) is 42.0 Å². The van der Waals surface area contributed by atoms with E-state index in [4.69, 9.17) is 0 Å². The van der Waals surface area contributed by atoms with Gasteiger partial charge in [0.15, 0.2) is 5.96 Å². The molecule has 0 aliphatic carbocycles. The van der Waals surface area contributed by atoms with Crippen molar-refractivity contribution in [1.29, 1.82) is 0 Å². The predicted octanol–water partition coefficient (Wildman–Crippen LogP) is 2.23. The third-order valence-electron chi connectivity index (χ3n) is 3.42. The number of rotatable bonds is 5. The zero-order valence-corrected chi connectivity index (χ0v) is 18.4. The van der Waals surface area contributed by atoms with Gasteiger partial charge >= 0.3 is 0 Å². The molecule has 3 N–H and O–H groups in total. The molecule has 0 radical (unpaired) electrons. The summed E-state index contributed by atoms with van der Waals surface area (Å²) in [5.41, 5.74) is 2.67. The van der Waals surface area contributed by atoms with Gasteiger partial charge in [0.2, 0.25) is 5.91 Å². The van der Waals surface area contributed by atoms with Crippen LogP contribution in [-0.4, -0.2) is 39.9 Å². The zero-order chi connectivity index (χ0) is 18.4. The van der Waals surface area contributed by atoms with E-state index >= 15 is 0 Å². The monoisotopic (exact) mass is 472 g/mol. The number of amides is 1. The molecule has 0 unspecified atom stereocenters. The molecule has 1 amide bonds. The molecular formula is C18H29IN6O. The van der Waals surface area contributed by atoms with Crippen LogP contribution in [0.5, 0.6) is 0 Å². The number of pyridine rings is 1. The number of aryl methyl sites for hydroxylation is 1. The number of guanidine groups is 1. The Kier molecular flexibility index (Phi) is 8.32. The van der Waals surface area contributed by atoms with Gasteiger partial charge in [-0.2, -0.15) is 0 Å². The first-order valence-corrected chi connectivity index (χ1v) is 8.55. The van der Waals surface area contributed by atoms with Crippen molar-refractivity contribution < 1.29 is 4.79 Å². The van der Waals surface area contributed by atoms with Gasteiger partial charge in [-0.15, -0.1) is 24.0 Å². The fraction of sp³-hybridized carbons (Fsp3) is 0.500. The Morgan fingerprint density at radius 1 is 1.27 bits per heavy atom. The topological polar surface area (TPSA) is 82.8 Å². The van der Waals surface area contributed by atoms with E-state index in [0.29, 0.717) is 12.5 Å². The van der Waals surface area contributed by atoms with Crippen molar-refractivity contribution in [2.45, 2.75) is 46.7 Å². The van der Waals surface area contributed by atoms with Crippen LogP contribution >= 0.6 is 24.0 Å². The summed E-state index contributed by atoms with van der Waals surface area (Å²) in [7, 11) is 0. The molecule has 0 atom stereocenters. The zero-order valence-electron chi connectivity index (χ0n) is 16.1. The van der Waals surface area contributed by atoms with Gasteiger partial charge in [-0.05, 0) is 46.8 Å². The van der Waals surface area contributed by atoms with Crippen molar-refractivity contribution in [2.75, 3.05) is 13.1 Å². The average Bonchev–Trinajstić information content (AvgIpc) is 2.93. The highest BCUT2D eigenvalue weighted by Crippen LogP contribution is 2.09. The van der Waals surface area contributed by atoms with E-state index in [9.17, 15) is 4.79 Å². The maximum atomic E-state index is 11.9. The fourth-order valence-electron chi connectivity index (χ4n) is 2.40. The van der Waals surface area contributed by atoms with Crippen LogP contribution in [0.25, 0.3) is 5.65 Å². The predicted molar refractivity (Wildman–Crippen MR) is 116 cm³/mol. The minimum atomic E-state index is -0.247. The first-order chi connectivity index (χ1) is 11.8. The third-order valence-corrected chi connectivity index (χ3v) is 3.42. The van der Waals surface area contributed by atoms with Crippen LogP contribution in [0.2, 0.25) is 0 Å². The van der Waals surface area contributed by atoms with Gasteiger partial charge in [0.25, 0.3) is 0 Å². The first kappa shape index (κ1) is 22.2. The van der Waals surface area contributed by atoms with Gasteiger partial charge in [0, 0.05) is 24.0 Å². The SMILES string of the molecule is CCNC(=NCc1cn2c(C)cccc2n1)NCC(=O)NC(C)(C)C.I. The molecule has 2 heterocycles.